The van der Waals surface area contributed by atoms with Crippen LogP contribution in [0.4, 0.5) is 0 Å². The highest BCUT2D eigenvalue weighted by Gasteiger charge is 2.25. The fourth-order valence-corrected chi connectivity index (χ4v) is 3.81. The number of carbonyl (C=O) groups excluding carboxylic acids is 2. The smallest absolute Gasteiger partial charge is 0.256 e. The molecule has 7 heteroatoms. The lowest BCUT2D eigenvalue weighted by atomic mass is 10.1. The van der Waals surface area contributed by atoms with Crippen LogP contribution < -0.4 is 0 Å². The zero-order chi connectivity index (χ0) is 19.7. The third-order valence-corrected chi connectivity index (χ3v) is 5.46. The molecule has 0 bridgehead atoms. The molecule has 28 heavy (non-hydrogen) atoms. The summed E-state index contributed by atoms with van der Waals surface area (Å²) < 4.78 is 5.16. The Hall–Kier alpha value is -3.09. The molecule has 1 aliphatic heterocycles. The van der Waals surface area contributed by atoms with E-state index in [-0.39, 0.29) is 18.2 Å². The Kier molecular flexibility index (Phi) is 4.90. The molecule has 3 aromatic rings. The van der Waals surface area contributed by atoms with Crippen molar-refractivity contribution in [1.82, 2.24) is 19.9 Å². The summed E-state index contributed by atoms with van der Waals surface area (Å²) in [7, 11) is 0. The number of rotatable bonds is 3. The van der Waals surface area contributed by atoms with Crippen molar-refractivity contribution >= 4 is 22.7 Å². The molecule has 146 valence electrons. The first-order valence-corrected chi connectivity index (χ1v) is 9.59. The number of hydrogen-bond acceptors (Lipinski definition) is 4. The minimum Gasteiger partial charge on any atom is -0.361 e. The highest BCUT2D eigenvalue weighted by Crippen LogP contribution is 2.20. The molecule has 3 heterocycles. The van der Waals surface area contributed by atoms with Gasteiger partial charge in [0.25, 0.3) is 5.91 Å². The monoisotopic (exact) mass is 380 g/mol. The summed E-state index contributed by atoms with van der Waals surface area (Å²) in [6.07, 6.45) is 2.83. The molecule has 0 unspecified atom stereocenters. The largest absolute Gasteiger partial charge is 0.361 e. The molecule has 1 saturated heterocycles. The van der Waals surface area contributed by atoms with Gasteiger partial charge in [0.15, 0.2) is 0 Å². The molecule has 0 radical (unpaired) electrons. The normalized spacial score (nSPS) is 15.1. The molecule has 1 N–H and O–H groups in total. The Morgan fingerprint density at radius 2 is 1.86 bits per heavy atom. The maximum absolute atomic E-state index is 13.0. The SMILES string of the molecule is Cc1noc(C)c1CC(=O)N1CCCN(C(=O)c2c[nH]c3ccccc23)CC1. The number of nitrogens with zero attached hydrogens (tertiary/aromatic N) is 3. The van der Waals surface area contributed by atoms with Crippen molar-refractivity contribution < 1.29 is 14.1 Å². The van der Waals surface area contributed by atoms with Gasteiger partial charge < -0.3 is 19.3 Å². The molecule has 0 saturated carbocycles. The lowest BCUT2D eigenvalue weighted by molar-refractivity contribution is -0.130. The number of fused-ring (bicyclic) bond motifs is 1. The van der Waals surface area contributed by atoms with Crippen molar-refractivity contribution in [3.8, 4) is 0 Å². The number of H-pyrrole nitrogens is 1. The van der Waals surface area contributed by atoms with Gasteiger partial charge in [0.1, 0.15) is 5.76 Å². The van der Waals surface area contributed by atoms with Gasteiger partial charge >= 0.3 is 0 Å². The highest BCUT2D eigenvalue weighted by molar-refractivity contribution is 6.06. The van der Waals surface area contributed by atoms with E-state index in [1.54, 1.807) is 6.20 Å². The fraction of sp³-hybridized carbons (Fsp3) is 0.381. The number of carbonyl (C=O) groups is 2. The summed E-state index contributed by atoms with van der Waals surface area (Å²) in [6.45, 7) is 6.05. The lowest BCUT2D eigenvalue weighted by Gasteiger charge is -2.22. The second kappa shape index (κ2) is 7.50. The summed E-state index contributed by atoms with van der Waals surface area (Å²) in [5, 5.41) is 4.85. The van der Waals surface area contributed by atoms with Crippen molar-refractivity contribution in [2.24, 2.45) is 0 Å². The Balaban J connectivity index is 1.43. The van der Waals surface area contributed by atoms with E-state index in [2.05, 4.69) is 10.1 Å². The number of para-hydroxylation sites is 1. The molecule has 4 rings (SSSR count). The first kappa shape index (κ1) is 18.3. The minimum absolute atomic E-state index is 0.0115. The predicted molar refractivity (Wildman–Crippen MR) is 105 cm³/mol. The van der Waals surface area contributed by atoms with E-state index in [4.69, 9.17) is 4.52 Å². The molecular formula is C21H24N4O3. The van der Waals surface area contributed by atoms with Crippen LogP contribution in [0.15, 0.2) is 35.0 Å². The molecule has 1 aromatic carbocycles. The average molecular weight is 380 g/mol. The number of amides is 2. The van der Waals surface area contributed by atoms with Crippen LogP contribution in [0.25, 0.3) is 10.9 Å². The maximum Gasteiger partial charge on any atom is 0.256 e. The molecular weight excluding hydrogens is 356 g/mol. The maximum atomic E-state index is 13.0. The van der Waals surface area contributed by atoms with E-state index in [0.29, 0.717) is 37.5 Å². The third kappa shape index (κ3) is 3.40. The fourth-order valence-electron chi connectivity index (χ4n) is 3.81. The van der Waals surface area contributed by atoms with E-state index in [0.717, 1.165) is 28.6 Å². The van der Waals surface area contributed by atoms with Gasteiger partial charge in [-0.2, -0.15) is 0 Å². The van der Waals surface area contributed by atoms with Gasteiger partial charge in [-0.3, -0.25) is 9.59 Å². The molecule has 2 aromatic heterocycles. The number of nitrogens with one attached hydrogen (secondary N) is 1. The summed E-state index contributed by atoms with van der Waals surface area (Å²) in [4.78, 5) is 32.6. The first-order chi connectivity index (χ1) is 13.5. The Morgan fingerprint density at radius 1 is 1.11 bits per heavy atom. The molecule has 7 nitrogen and oxygen atoms in total. The minimum atomic E-state index is 0.0115. The van der Waals surface area contributed by atoms with Crippen LogP contribution in [-0.2, 0) is 11.2 Å². The van der Waals surface area contributed by atoms with Crippen LogP contribution in [0, 0.1) is 13.8 Å². The zero-order valence-corrected chi connectivity index (χ0v) is 16.2. The van der Waals surface area contributed by atoms with Gasteiger partial charge in [-0.25, -0.2) is 0 Å². The van der Waals surface area contributed by atoms with Gasteiger partial charge in [-0.1, -0.05) is 23.4 Å². The Morgan fingerprint density at radius 3 is 2.64 bits per heavy atom. The van der Waals surface area contributed by atoms with Crippen molar-refractivity contribution in [2.75, 3.05) is 26.2 Å². The second-order valence-corrected chi connectivity index (χ2v) is 7.25. The number of aromatic nitrogens is 2. The van der Waals surface area contributed by atoms with Gasteiger partial charge in [-0.15, -0.1) is 0 Å². The van der Waals surface area contributed by atoms with Crippen molar-refractivity contribution in [2.45, 2.75) is 26.7 Å². The first-order valence-electron chi connectivity index (χ1n) is 9.59. The standard InChI is InChI=1S/C21H24N4O3/c1-14-17(15(2)28-23-14)12-20(26)24-8-5-9-25(11-10-24)21(27)18-13-22-19-7-4-3-6-16(18)19/h3-4,6-7,13,22H,5,8-12H2,1-2H3. The van der Waals surface area contributed by atoms with E-state index in [1.165, 1.54) is 0 Å². The number of aryl methyl sites for hydroxylation is 2. The number of benzene rings is 1. The summed E-state index contributed by atoms with van der Waals surface area (Å²) in [5.74, 6) is 0.755. The molecule has 0 atom stereocenters. The topological polar surface area (TPSA) is 82.4 Å². The Bertz CT molecular complexity index is 1000. The summed E-state index contributed by atoms with van der Waals surface area (Å²) in [6, 6.07) is 7.80. The van der Waals surface area contributed by atoms with Crippen molar-refractivity contribution in [3.63, 3.8) is 0 Å². The van der Waals surface area contributed by atoms with Crippen LogP contribution in [0.2, 0.25) is 0 Å². The predicted octanol–water partition coefficient (Wildman–Crippen LogP) is 2.69. The molecule has 1 aliphatic rings. The average Bonchev–Trinajstić information content (AvgIpc) is 3.15. The van der Waals surface area contributed by atoms with Crippen LogP contribution >= 0.6 is 0 Å². The molecule has 1 fully saturated rings. The quantitative estimate of drug-likeness (QED) is 0.757. The summed E-state index contributed by atoms with van der Waals surface area (Å²) in [5.41, 5.74) is 3.26. The third-order valence-electron chi connectivity index (χ3n) is 5.46. The van der Waals surface area contributed by atoms with Crippen LogP contribution in [0.3, 0.4) is 0 Å². The molecule has 0 aliphatic carbocycles. The molecule has 0 spiro atoms. The van der Waals surface area contributed by atoms with Gasteiger partial charge in [0, 0.05) is 48.8 Å². The van der Waals surface area contributed by atoms with E-state index in [9.17, 15) is 9.59 Å². The van der Waals surface area contributed by atoms with Crippen LogP contribution in [-0.4, -0.2) is 57.9 Å². The molecule has 2 amide bonds. The van der Waals surface area contributed by atoms with E-state index < -0.39 is 0 Å². The number of hydrogen-bond donors (Lipinski definition) is 1. The van der Waals surface area contributed by atoms with Crippen LogP contribution in [0.1, 0.15) is 33.8 Å². The number of aromatic amines is 1. The highest BCUT2D eigenvalue weighted by atomic mass is 16.5. The summed E-state index contributed by atoms with van der Waals surface area (Å²) >= 11 is 0. The lowest BCUT2D eigenvalue weighted by Crippen LogP contribution is -2.38. The van der Waals surface area contributed by atoms with Crippen LogP contribution in [0.5, 0.6) is 0 Å². The Labute approximate surface area is 163 Å². The van der Waals surface area contributed by atoms with Crippen molar-refractivity contribution in [3.05, 3.63) is 53.0 Å². The van der Waals surface area contributed by atoms with Gasteiger partial charge in [0.05, 0.1) is 17.7 Å². The van der Waals surface area contributed by atoms with E-state index >= 15 is 0 Å². The van der Waals surface area contributed by atoms with Crippen molar-refractivity contribution in [1.29, 1.82) is 0 Å². The van der Waals surface area contributed by atoms with Gasteiger partial charge in [0.2, 0.25) is 5.91 Å². The zero-order valence-electron chi connectivity index (χ0n) is 16.2. The van der Waals surface area contributed by atoms with Gasteiger partial charge in [-0.05, 0) is 26.3 Å². The second-order valence-electron chi connectivity index (χ2n) is 7.25. The van der Waals surface area contributed by atoms with E-state index in [1.807, 2.05) is 47.9 Å².